The molecule has 1 atom stereocenters. The Bertz CT molecular complexity index is 570. The Morgan fingerprint density at radius 2 is 2.22 bits per heavy atom. The first kappa shape index (κ1) is 12.5. The third-order valence-electron chi connectivity index (χ3n) is 2.52. The van der Waals surface area contributed by atoms with Crippen LogP contribution in [0.5, 0.6) is 0 Å². The molecule has 7 heteroatoms. The van der Waals surface area contributed by atoms with Gasteiger partial charge in [0.25, 0.3) is 0 Å². The minimum Gasteiger partial charge on any atom is -0.481 e. The highest BCUT2D eigenvalue weighted by Gasteiger charge is 2.24. The van der Waals surface area contributed by atoms with Crippen LogP contribution in [0.3, 0.4) is 0 Å². The van der Waals surface area contributed by atoms with Crippen LogP contribution in [0.25, 0.3) is 0 Å². The van der Waals surface area contributed by atoms with Crippen LogP contribution >= 0.6 is 11.6 Å². The summed E-state index contributed by atoms with van der Waals surface area (Å²) in [6, 6.07) is 6.86. The van der Waals surface area contributed by atoms with E-state index in [9.17, 15) is 9.90 Å². The molecule has 0 saturated heterocycles. The number of hydrogen-bond donors (Lipinski definition) is 1. The molecule has 0 aliphatic heterocycles. The van der Waals surface area contributed by atoms with Gasteiger partial charge in [-0.15, -0.1) is 10.2 Å². The Labute approximate surface area is 108 Å². The van der Waals surface area contributed by atoms with Gasteiger partial charge < -0.3 is 5.11 Å². The van der Waals surface area contributed by atoms with Crippen molar-refractivity contribution in [3.8, 4) is 0 Å². The van der Waals surface area contributed by atoms with Gasteiger partial charge in [0.1, 0.15) is 0 Å². The molecule has 0 bridgehead atoms. The van der Waals surface area contributed by atoms with E-state index in [0.717, 1.165) is 0 Å². The standard InChI is InChI=1S/C11H11ClN4O2/c1-16-14-10(13-15-16)6-8(11(17)18)7-4-2-3-5-9(7)12/h2-5,8H,6H2,1H3,(H,17,18). The molecule has 6 nitrogen and oxygen atoms in total. The van der Waals surface area contributed by atoms with Crippen LogP contribution in [-0.4, -0.2) is 31.3 Å². The van der Waals surface area contributed by atoms with E-state index in [1.54, 1.807) is 31.3 Å². The Balaban J connectivity index is 2.30. The maximum atomic E-state index is 11.3. The van der Waals surface area contributed by atoms with Crippen molar-refractivity contribution in [2.24, 2.45) is 7.05 Å². The summed E-state index contributed by atoms with van der Waals surface area (Å²) >= 11 is 6.01. The van der Waals surface area contributed by atoms with E-state index in [1.165, 1.54) is 4.80 Å². The number of nitrogens with zero attached hydrogens (tertiary/aromatic N) is 4. The third-order valence-corrected chi connectivity index (χ3v) is 2.86. The summed E-state index contributed by atoms with van der Waals surface area (Å²) in [5, 5.41) is 21.1. The lowest BCUT2D eigenvalue weighted by atomic mass is 9.95. The van der Waals surface area contributed by atoms with Gasteiger partial charge in [0.2, 0.25) is 0 Å². The molecule has 1 aromatic heterocycles. The van der Waals surface area contributed by atoms with E-state index in [-0.39, 0.29) is 6.42 Å². The second-order valence-electron chi connectivity index (χ2n) is 3.81. The van der Waals surface area contributed by atoms with Crippen molar-refractivity contribution in [1.82, 2.24) is 20.2 Å². The summed E-state index contributed by atoms with van der Waals surface area (Å²) in [5.74, 6) is -1.36. The fraction of sp³-hybridized carbons (Fsp3) is 0.273. The van der Waals surface area contributed by atoms with Crippen LogP contribution in [-0.2, 0) is 18.3 Å². The van der Waals surface area contributed by atoms with Gasteiger partial charge in [-0.05, 0) is 16.8 Å². The van der Waals surface area contributed by atoms with Gasteiger partial charge >= 0.3 is 5.97 Å². The summed E-state index contributed by atoms with van der Waals surface area (Å²) in [5.41, 5.74) is 0.555. The molecule has 1 unspecified atom stereocenters. The van der Waals surface area contributed by atoms with Gasteiger partial charge in [-0.25, -0.2) is 0 Å². The zero-order valence-corrected chi connectivity index (χ0v) is 10.4. The molecule has 1 aromatic carbocycles. The summed E-state index contributed by atoms with van der Waals surface area (Å²) in [6.45, 7) is 0. The van der Waals surface area contributed by atoms with E-state index in [2.05, 4.69) is 15.4 Å². The molecule has 2 rings (SSSR count). The first-order chi connectivity index (χ1) is 8.58. The minimum atomic E-state index is -0.962. The summed E-state index contributed by atoms with van der Waals surface area (Å²) in [7, 11) is 1.63. The molecule has 0 aliphatic carbocycles. The van der Waals surface area contributed by atoms with Crippen molar-refractivity contribution < 1.29 is 9.90 Å². The molecule has 0 spiro atoms. The van der Waals surface area contributed by atoms with E-state index in [4.69, 9.17) is 11.6 Å². The lowest BCUT2D eigenvalue weighted by Gasteiger charge is -2.11. The third kappa shape index (κ3) is 2.65. The van der Waals surface area contributed by atoms with Crippen LogP contribution in [0.1, 0.15) is 17.3 Å². The first-order valence-corrected chi connectivity index (χ1v) is 5.66. The average molecular weight is 267 g/mol. The van der Waals surface area contributed by atoms with E-state index >= 15 is 0 Å². The van der Waals surface area contributed by atoms with Crippen molar-refractivity contribution in [2.75, 3.05) is 0 Å². The molecular weight excluding hydrogens is 256 g/mol. The Morgan fingerprint density at radius 1 is 1.50 bits per heavy atom. The monoisotopic (exact) mass is 266 g/mol. The van der Waals surface area contributed by atoms with Crippen molar-refractivity contribution in [3.05, 3.63) is 40.7 Å². The van der Waals surface area contributed by atoms with Crippen LogP contribution in [0.4, 0.5) is 0 Å². The summed E-state index contributed by atoms with van der Waals surface area (Å²) in [6.07, 6.45) is 0.160. The molecular formula is C11H11ClN4O2. The van der Waals surface area contributed by atoms with Crippen LogP contribution in [0, 0.1) is 0 Å². The molecule has 0 saturated carbocycles. The van der Waals surface area contributed by atoms with Crippen molar-refractivity contribution in [2.45, 2.75) is 12.3 Å². The summed E-state index contributed by atoms with van der Waals surface area (Å²) < 4.78 is 0. The second kappa shape index (κ2) is 5.14. The maximum Gasteiger partial charge on any atom is 0.311 e. The normalized spacial score (nSPS) is 12.3. The largest absolute Gasteiger partial charge is 0.481 e. The number of aromatic nitrogens is 4. The van der Waals surface area contributed by atoms with E-state index in [0.29, 0.717) is 16.4 Å². The molecule has 2 aromatic rings. The number of carboxylic acid groups (broad SMARTS) is 1. The highest BCUT2D eigenvalue weighted by atomic mass is 35.5. The Hall–Kier alpha value is -1.95. The van der Waals surface area contributed by atoms with Gasteiger partial charge in [0.05, 0.1) is 13.0 Å². The van der Waals surface area contributed by atoms with Crippen LogP contribution < -0.4 is 0 Å². The molecule has 0 fully saturated rings. The Morgan fingerprint density at radius 3 is 2.78 bits per heavy atom. The number of tetrazole rings is 1. The number of aryl methyl sites for hydroxylation is 1. The Kier molecular flexibility index (Phi) is 3.57. The highest BCUT2D eigenvalue weighted by Crippen LogP contribution is 2.26. The number of carbonyl (C=O) groups is 1. The highest BCUT2D eigenvalue weighted by molar-refractivity contribution is 6.31. The quantitative estimate of drug-likeness (QED) is 0.901. The van der Waals surface area contributed by atoms with Gasteiger partial charge in [-0.1, -0.05) is 29.8 Å². The molecule has 1 N–H and O–H groups in total. The lowest BCUT2D eigenvalue weighted by Crippen LogP contribution is -2.15. The average Bonchev–Trinajstić information content (AvgIpc) is 2.73. The first-order valence-electron chi connectivity index (χ1n) is 5.28. The second-order valence-corrected chi connectivity index (χ2v) is 4.22. The van der Waals surface area contributed by atoms with Crippen molar-refractivity contribution in [1.29, 1.82) is 0 Å². The predicted molar refractivity (Wildman–Crippen MR) is 64.3 cm³/mol. The van der Waals surface area contributed by atoms with Gasteiger partial charge in [-0.2, -0.15) is 4.80 Å². The number of carboxylic acids is 1. The maximum absolute atomic E-state index is 11.3. The zero-order chi connectivity index (χ0) is 13.1. The van der Waals surface area contributed by atoms with Crippen LogP contribution in [0.2, 0.25) is 5.02 Å². The van der Waals surface area contributed by atoms with Gasteiger partial charge in [0, 0.05) is 11.4 Å². The SMILES string of the molecule is Cn1nnc(CC(C(=O)O)c2ccccc2Cl)n1. The van der Waals surface area contributed by atoms with Crippen molar-refractivity contribution in [3.63, 3.8) is 0 Å². The minimum absolute atomic E-state index is 0.160. The molecule has 18 heavy (non-hydrogen) atoms. The van der Waals surface area contributed by atoms with E-state index < -0.39 is 11.9 Å². The number of hydrogen-bond acceptors (Lipinski definition) is 4. The molecule has 1 heterocycles. The molecule has 0 amide bonds. The number of halogens is 1. The number of aliphatic carboxylic acids is 1. The van der Waals surface area contributed by atoms with Gasteiger partial charge in [-0.3, -0.25) is 4.79 Å². The predicted octanol–water partition coefficient (Wildman–Crippen LogP) is 1.27. The molecule has 94 valence electrons. The molecule has 0 aliphatic rings. The zero-order valence-electron chi connectivity index (χ0n) is 9.62. The number of rotatable bonds is 4. The van der Waals surface area contributed by atoms with Crippen LogP contribution in [0.15, 0.2) is 24.3 Å². The summed E-state index contributed by atoms with van der Waals surface area (Å²) in [4.78, 5) is 12.6. The fourth-order valence-electron chi connectivity index (χ4n) is 1.68. The lowest BCUT2D eigenvalue weighted by molar-refractivity contribution is -0.138. The molecule has 0 radical (unpaired) electrons. The number of benzene rings is 1. The van der Waals surface area contributed by atoms with E-state index in [1.807, 2.05) is 0 Å². The van der Waals surface area contributed by atoms with Crippen molar-refractivity contribution >= 4 is 17.6 Å². The topological polar surface area (TPSA) is 80.9 Å². The smallest absolute Gasteiger partial charge is 0.311 e. The fourth-order valence-corrected chi connectivity index (χ4v) is 1.94. The van der Waals surface area contributed by atoms with Gasteiger partial charge in [0.15, 0.2) is 5.82 Å².